The molecule has 0 aromatic rings. The summed E-state index contributed by atoms with van der Waals surface area (Å²) in [6.07, 6.45) is 6.04. The minimum absolute atomic E-state index is 0.133. The summed E-state index contributed by atoms with van der Waals surface area (Å²) in [5.74, 6) is 0.432. The lowest BCUT2D eigenvalue weighted by Gasteiger charge is -2.44. The van der Waals surface area contributed by atoms with Gasteiger partial charge in [0, 0.05) is 19.1 Å². The van der Waals surface area contributed by atoms with E-state index in [0.717, 1.165) is 38.9 Å². The molecule has 3 rings (SSSR count). The molecule has 3 aliphatic heterocycles. The lowest BCUT2D eigenvalue weighted by atomic mass is 9.97. The highest BCUT2D eigenvalue weighted by atomic mass is 16.5. The molecule has 0 aromatic carbocycles. The van der Waals surface area contributed by atoms with Gasteiger partial charge in [0.2, 0.25) is 5.91 Å². The molecule has 0 spiro atoms. The van der Waals surface area contributed by atoms with E-state index in [9.17, 15) is 4.79 Å². The van der Waals surface area contributed by atoms with E-state index in [-0.39, 0.29) is 12.1 Å². The molecule has 0 radical (unpaired) electrons. The van der Waals surface area contributed by atoms with Crippen molar-refractivity contribution in [3.8, 4) is 0 Å². The number of nitrogens with zero attached hydrogens (tertiary/aromatic N) is 2. The molecule has 1 atom stereocenters. The lowest BCUT2D eigenvalue weighted by molar-refractivity contribution is -0.151. The van der Waals surface area contributed by atoms with Gasteiger partial charge in [0.25, 0.3) is 0 Å². The van der Waals surface area contributed by atoms with E-state index in [0.29, 0.717) is 25.2 Å². The highest BCUT2D eigenvalue weighted by Gasteiger charge is 2.35. The van der Waals surface area contributed by atoms with Crippen molar-refractivity contribution in [1.29, 1.82) is 0 Å². The first kappa shape index (κ1) is 13.3. The van der Waals surface area contributed by atoms with Gasteiger partial charge >= 0.3 is 0 Å². The third-order valence-corrected chi connectivity index (χ3v) is 4.82. The lowest BCUT2D eigenvalue weighted by Crippen LogP contribution is -2.56. The number of likely N-dealkylation sites (tertiary alicyclic amines) is 2. The zero-order chi connectivity index (χ0) is 13.2. The predicted molar refractivity (Wildman–Crippen MR) is 72.4 cm³/mol. The van der Waals surface area contributed by atoms with Crippen molar-refractivity contribution in [3.05, 3.63) is 0 Å². The molecule has 3 aliphatic rings. The maximum atomic E-state index is 12.1. The van der Waals surface area contributed by atoms with Crippen LogP contribution in [0.25, 0.3) is 0 Å². The molecule has 3 heterocycles. The third kappa shape index (κ3) is 2.78. The molecule has 0 bridgehead atoms. The van der Waals surface area contributed by atoms with Crippen molar-refractivity contribution in [3.63, 3.8) is 0 Å². The standard InChI is InChI=1S/C14H25N3O2/c15-13-3-1-2-6-17(13)12-4-7-16(8-5-12)14(18)11-9-19-10-11/h11-13H,1-10,15H2. The smallest absolute Gasteiger partial charge is 0.230 e. The Morgan fingerprint density at radius 1 is 1.05 bits per heavy atom. The Bertz CT molecular complexity index is 325. The van der Waals surface area contributed by atoms with Gasteiger partial charge in [-0.15, -0.1) is 0 Å². The first-order chi connectivity index (χ1) is 9.25. The van der Waals surface area contributed by atoms with Gasteiger partial charge in [-0.3, -0.25) is 9.69 Å². The number of carbonyl (C=O) groups excluding carboxylic acids is 1. The fraction of sp³-hybridized carbons (Fsp3) is 0.929. The molecule has 108 valence electrons. The van der Waals surface area contributed by atoms with Crippen molar-refractivity contribution >= 4 is 5.91 Å². The first-order valence-corrected chi connectivity index (χ1v) is 7.63. The summed E-state index contributed by atoms with van der Waals surface area (Å²) in [4.78, 5) is 16.6. The Balaban J connectivity index is 1.49. The Kier molecular flexibility index (Phi) is 4.05. The number of carbonyl (C=O) groups is 1. The molecule has 19 heavy (non-hydrogen) atoms. The topological polar surface area (TPSA) is 58.8 Å². The van der Waals surface area contributed by atoms with Gasteiger partial charge in [-0.1, -0.05) is 0 Å². The average molecular weight is 267 g/mol. The maximum Gasteiger partial charge on any atom is 0.230 e. The van der Waals surface area contributed by atoms with Crippen LogP contribution in [0.3, 0.4) is 0 Å². The summed E-state index contributed by atoms with van der Waals surface area (Å²) in [5.41, 5.74) is 6.21. The normalized spacial score (nSPS) is 31.2. The monoisotopic (exact) mass is 267 g/mol. The maximum absolute atomic E-state index is 12.1. The molecule has 1 unspecified atom stereocenters. The molecular formula is C14H25N3O2. The quantitative estimate of drug-likeness (QED) is 0.786. The van der Waals surface area contributed by atoms with Gasteiger partial charge in [0.05, 0.1) is 25.3 Å². The van der Waals surface area contributed by atoms with Crippen LogP contribution in [0, 0.1) is 5.92 Å². The highest BCUT2D eigenvalue weighted by molar-refractivity contribution is 5.79. The molecule has 0 aliphatic carbocycles. The number of hydrogen-bond acceptors (Lipinski definition) is 4. The Hall–Kier alpha value is -0.650. The van der Waals surface area contributed by atoms with E-state index >= 15 is 0 Å². The molecule has 2 N–H and O–H groups in total. The van der Waals surface area contributed by atoms with Gasteiger partial charge in [-0.05, 0) is 38.6 Å². The van der Waals surface area contributed by atoms with Crippen LogP contribution in [0.4, 0.5) is 0 Å². The van der Waals surface area contributed by atoms with E-state index in [1.54, 1.807) is 0 Å². The number of amides is 1. The molecule has 3 saturated heterocycles. The van der Waals surface area contributed by atoms with Crippen molar-refractivity contribution in [2.45, 2.75) is 44.3 Å². The Labute approximate surface area is 115 Å². The molecule has 0 saturated carbocycles. The summed E-state index contributed by atoms with van der Waals surface area (Å²) in [6.45, 7) is 4.16. The van der Waals surface area contributed by atoms with Crippen LogP contribution in [-0.4, -0.2) is 60.8 Å². The fourth-order valence-electron chi connectivity index (χ4n) is 3.49. The van der Waals surface area contributed by atoms with Gasteiger partial charge in [-0.2, -0.15) is 0 Å². The molecular weight excluding hydrogens is 242 g/mol. The second kappa shape index (κ2) is 5.77. The number of piperidine rings is 2. The highest BCUT2D eigenvalue weighted by Crippen LogP contribution is 2.24. The van der Waals surface area contributed by atoms with Crippen LogP contribution in [0.1, 0.15) is 32.1 Å². The minimum Gasteiger partial charge on any atom is -0.380 e. The molecule has 1 amide bonds. The van der Waals surface area contributed by atoms with Crippen molar-refractivity contribution < 1.29 is 9.53 Å². The third-order valence-electron chi connectivity index (χ3n) is 4.82. The fourth-order valence-corrected chi connectivity index (χ4v) is 3.49. The molecule has 5 heteroatoms. The predicted octanol–water partition coefficient (Wildman–Crippen LogP) is 0.394. The number of nitrogens with two attached hydrogens (primary N) is 1. The van der Waals surface area contributed by atoms with Crippen molar-refractivity contribution in [2.24, 2.45) is 11.7 Å². The van der Waals surface area contributed by atoms with Crippen LogP contribution >= 0.6 is 0 Å². The van der Waals surface area contributed by atoms with Gasteiger partial charge in [0.1, 0.15) is 0 Å². The van der Waals surface area contributed by atoms with Crippen LogP contribution in [0.15, 0.2) is 0 Å². The van der Waals surface area contributed by atoms with Crippen LogP contribution < -0.4 is 5.73 Å². The molecule has 3 fully saturated rings. The van der Waals surface area contributed by atoms with E-state index in [1.165, 1.54) is 12.8 Å². The average Bonchev–Trinajstić information content (AvgIpc) is 2.37. The number of hydrogen-bond donors (Lipinski definition) is 1. The Morgan fingerprint density at radius 2 is 1.79 bits per heavy atom. The molecule has 5 nitrogen and oxygen atoms in total. The number of ether oxygens (including phenoxy) is 1. The van der Waals surface area contributed by atoms with E-state index in [1.807, 2.05) is 4.90 Å². The summed E-state index contributed by atoms with van der Waals surface area (Å²) < 4.78 is 5.10. The van der Waals surface area contributed by atoms with Gasteiger partial charge in [0.15, 0.2) is 0 Å². The van der Waals surface area contributed by atoms with Crippen molar-refractivity contribution in [1.82, 2.24) is 9.80 Å². The summed E-state index contributed by atoms with van der Waals surface area (Å²) in [7, 11) is 0. The first-order valence-electron chi connectivity index (χ1n) is 7.63. The summed E-state index contributed by atoms with van der Waals surface area (Å²) in [5, 5.41) is 0. The van der Waals surface area contributed by atoms with Crippen molar-refractivity contribution in [2.75, 3.05) is 32.8 Å². The minimum atomic E-state index is 0.133. The zero-order valence-electron chi connectivity index (χ0n) is 11.6. The molecule has 0 aromatic heterocycles. The Morgan fingerprint density at radius 3 is 2.37 bits per heavy atom. The van der Waals surface area contributed by atoms with E-state index in [2.05, 4.69) is 4.90 Å². The van der Waals surface area contributed by atoms with Gasteiger partial charge in [-0.25, -0.2) is 0 Å². The van der Waals surface area contributed by atoms with E-state index < -0.39 is 0 Å². The SMILES string of the molecule is NC1CCCCN1C1CCN(C(=O)C2COC2)CC1. The van der Waals surface area contributed by atoms with Gasteiger partial charge < -0.3 is 15.4 Å². The van der Waals surface area contributed by atoms with Crippen LogP contribution in [0.5, 0.6) is 0 Å². The summed E-state index contributed by atoms with van der Waals surface area (Å²) >= 11 is 0. The zero-order valence-corrected chi connectivity index (χ0v) is 11.6. The number of rotatable bonds is 2. The summed E-state index contributed by atoms with van der Waals surface area (Å²) in [6, 6.07) is 0.581. The second-order valence-corrected chi connectivity index (χ2v) is 6.09. The second-order valence-electron chi connectivity index (χ2n) is 6.09. The largest absolute Gasteiger partial charge is 0.380 e. The van der Waals surface area contributed by atoms with Crippen LogP contribution in [0.2, 0.25) is 0 Å². The van der Waals surface area contributed by atoms with E-state index in [4.69, 9.17) is 10.5 Å². The van der Waals surface area contributed by atoms with Crippen LogP contribution in [-0.2, 0) is 9.53 Å².